The zero-order valence-corrected chi connectivity index (χ0v) is 10.5. The van der Waals surface area contributed by atoms with Crippen molar-refractivity contribution < 1.29 is 9.53 Å². The molecule has 2 aliphatic heterocycles. The van der Waals surface area contributed by atoms with Gasteiger partial charge >= 0.3 is 6.03 Å². The lowest BCUT2D eigenvalue weighted by atomic mass is 9.91. The van der Waals surface area contributed by atoms with Crippen LogP contribution in [0.2, 0.25) is 0 Å². The van der Waals surface area contributed by atoms with Crippen molar-refractivity contribution in [3.63, 3.8) is 0 Å². The molecular weight excluding hydrogens is 218 g/mol. The highest BCUT2D eigenvalue weighted by Gasteiger charge is 2.26. The highest BCUT2D eigenvalue weighted by molar-refractivity contribution is 5.74. The van der Waals surface area contributed by atoms with E-state index in [4.69, 9.17) is 10.5 Å². The van der Waals surface area contributed by atoms with Crippen LogP contribution in [0, 0.1) is 5.92 Å². The molecule has 0 radical (unpaired) electrons. The predicted octanol–water partition coefficient (Wildman–Crippen LogP) is 0.544. The summed E-state index contributed by atoms with van der Waals surface area (Å²) >= 11 is 0. The SMILES string of the molecule is CC(N)C1CCN(C(=O)NC2CCOC2)CC1. The molecule has 2 aliphatic rings. The molecule has 3 N–H and O–H groups in total. The van der Waals surface area contributed by atoms with E-state index in [1.165, 1.54) is 0 Å². The first-order valence-corrected chi connectivity index (χ1v) is 6.55. The van der Waals surface area contributed by atoms with Gasteiger partial charge in [0.05, 0.1) is 12.6 Å². The molecule has 0 saturated carbocycles. The van der Waals surface area contributed by atoms with Gasteiger partial charge in [-0.2, -0.15) is 0 Å². The number of rotatable bonds is 2. The molecule has 0 aromatic rings. The van der Waals surface area contributed by atoms with Crippen LogP contribution in [0.5, 0.6) is 0 Å². The topological polar surface area (TPSA) is 67.6 Å². The predicted molar refractivity (Wildman–Crippen MR) is 65.7 cm³/mol. The minimum absolute atomic E-state index is 0.0589. The third-order valence-electron chi connectivity index (χ3n) is 3.83. The van der Waals surface area contributed by atoms with E-state index in [2.05, 4.69) is 12.2 Å². The number of nitrogens with one attached hydrogen (secondary N) is 1. The number of carbonyl (C=O) groups excluding carboxylic acids is 1. The van der Waals surface area contributed by atoms with Crippen molar-refractivity contribution in [2.45, 2.75) is 38.3 Å². The minimum Gasteiger partial charge on any atom is -0.379 e. The molecule has 5 nitrogen and oxygen atoms in total. The fourth-order valence-corrected chi connectivity index (χ4v) is 2.54. The Balaban J connectivity index is 1.74. The normalized spacial score (nSPS) is 28.1. The van der Waals surface area contributed by atoms with Crippen LogP contribution in [-0.4, -0.2) is 49.3 Å². The van der Waals surface area contributed by atoms with E-state index in [9.17, 15) is 4.79 Å². The Morgan fingerprint density at radius 3 is 2.65 bits per heavy atom. The number of carbonyl (C=O) groups is 1. The highest BCUT2D eigenvalue weighted by Crippen LogP contribution is 2.19. The smallest absolute Gasteiger partial charge is 0.317 e. The van der Waals surface area contributed by atoms with Gasteiger partial charge in [-0.3, -0.25) is 0 Å². The van der Waals surface area contributed by atoms with Crippen LogP contribution in [0.3, 0.4) is 0 Å². The first-order chi connectivity index (χ1) is 8.16. The number of amides is 2. The summed E-state index contributed by atoms with van der Waals surface area (Å²) in [6.07, 6.45) is 2.97. The maximum atomic E-state index is 12.0. The summed E-state index contributed by atoms with van der Waals surface area (Å²) in [6.45, 7) is 5.12. The summed E-state index contributed by atoms with van der Waals surface area (Å²) in [7, 11) is 0. The van der Waals surface area contributed by atoms with Crippen molar-refractivity contribution in [2.75, 3.05) is 26.3 Å². The zero-order chi connectivity index (χ0) is 12.3. The Kier molecular flexibility index (Phi) is 4.23. The molecular formula is C12H23N3O2. The Morgan fingerprint density at radius 1 is 1.41 bits per heavy atom. The summed E-state index contributed by atoms with van der Waals surface area (Å²) in [5, 5.41) is 3.02. The van der Waals surface area contributed by atoms with Gasteiger partial charge < -0.3 is 20.7 Å². The van der Waals surface area contributed by atoms with E-state index < -0.39 is 0 Å². The van der Waals surface area contributed by atoms with Crippen LogP contribution in [0.4, 0.5) is 4.79 Å². The lowest BCUT2D eigenvalue weighted by Crippen LogP contribution is -2.49. The molecule has 98 valence electrons. The molecule has 2 saturated heterocycles. The molecule has 2 rings (SSSR count). The van der Waals surface area contributed by atoms with Crippen LogP contribution < -0.4 is 11.1 Å². The first kappa shape index (κ1) is 12.6. The van der Waals surface area contributed by atoms with Crippen LogP contribution in [-0.2, 0) is 4.74 Å². The number of piperidine rings is 1. The lowest BCUT2D eigenvalue weighted by molar-refractivity contribution is 0.156. The quantitative estimate of drug-likeness (QED) is 0.741. The van der Waals surface area contributed by atoms with Gasteiger partial charge in [0.2, 0.25) is 0 Å². The average Bonchev–Trinajstić information content (AvgIpc) is 2.82. The standard InChI is InChI=1S/C12H23N3O2/c1-9(13)10-2-5-15(6-3-10)12(16)14-11-4-7-17-8-11/h9-11H,2-8,13H2,1H3,(H,14,16). The molecule has 2 amide bonds. The Morgan fingerprint density at radius 2 is 2.12 bits per heavy atom. The van der Waals surface area contributed by atoms with Crippen LogP contribution >= 0.6 is 0 Å². The molecule has 0 aliphatic carbocycles. The van der Waals surface area contributed by atoms with Crippen molar-refractivity contribution in [3.8, 4) is 0 Å². The fourth-order valence-electron chi connectivity index (χ4n) is 2.54. The summed E-state index contributed by atoms with van der Waals surface area (Å²) in [5.41, 5.74) is 5.89. The van der Waals surface area contributed by atoms with Crippen molar-refractivity contribution in [2.24, 2.45) is 11.7 Å². The van der Waals surface area contributed by atoms with Gasteiger partial charge in [0.25, 0.3) is 0 Å². The van der Waals surface area contributed by atoms with Crippen LogP contribution in [0.25, 0.3) is 0 Å². The van der Waals surface area contributed by atoms with Gasteiger partial charge in [0, 0.05) is 25.7 Å². The Hall–Kier alpha value is -0.810. The number of urea groups is 1. The first-order valence-electron chi connectivity index (χ1n) is 6.55. The van der Waals surface area contributed by atoms with E-state index in [1.807, 2.05) is 4.90 Å². The minimum atomic E-state index is 0.0589. The Labute approximate surface area is 103 Å². The number of hydrogen-bond acceptors (Lipinski definition) is 3. The molecule has 5 heteroatoms. The molecule has 2 fully saturated rings. The number of ether oxygens (including phenoxy) is 1. The molecule has 0 aromatic carbocycles. The molecule has 0 spiro atoms. The Bertz CT molecular complexity index is 256. The largest absolute Gasteiger partial charge is 0.379 e. The molecule has 0 bridgehead atoms. The van der Waals surface area contributed by atoms with Crippen molar-refractivity contribution in [3.05, 3.63) is 0 Å². The van der Waals surface area contributed by atoms with E-state index >= 15 is 0 Å². The summed E-state index contributed by atoms with van der Waals surface area (Å²) in [5.74, 6) is 0.564. The van der Waals surface area contributed by atoms with Crippen molar-refractivity contribution in [1.82, 2.24) is 10.2 Å². The number of likely N-dealkylation sites (tertiary alicyclic amines) is 1. The summed E-state index contributed by atoms with van der Waals surface area (Å²) in [4.78, 5) is 13.9. The lowest BCUT2D eigenvalue weighted by Gasteiger charge is -2.34. The van der Waals surface area contributed by atoms with E-state index in [0.29, 0.717) is 12.5 Å². The summed E-state index contributed by atoms with van der Waals surface area (Å²) < 4.78 is 5.24. The number of nitrogens with two attached hydrogens (primary N) is 1. The molecule has 2 atom stereocenters. The number of nitrogens with zero attached hydrogens (tertiary/aromatic N) is 1. The van der Waals surface area contributed by atoms with Gasteiger partial charge in [-0.05, 0) is 32.1 Å². The van der Waals surface area contributed by atoms with Gasteiger partial charge in [-0.1, -0.05) is 0 Å². The molecule has 2 heterocycles. The molecule has 2 unspecified atom stereocenters. The average molecular weight is 241 g/mol. The highest BCUT2D eigenvalue weighted by atomic mass is 16.5. The van der Waals surface area contributed by atoms with E-state index in [1.54, 1.807) is 0 Å². The van der Waals surface area contributed by atoms with Crippen molar-refractivity contribution >= 4 is 6.03 Å². The zero-order valence-electron chi connectivity index (χ0n) is 10.5. The summed E-state index contributed by atoms with van der Waals surface area (Å²) in [6, 6.07) is 0.501. The monoisotopic (exact) mass is 241 g/mol. The maximum absolute atomic E-state index is 12.0. The van der Waals surface area contributed by atoms with Crippen LogP contribution in [0.1, 0.15) is 26.2 Å². The van der Waals surface area contributed by atoms with Gasteiger partial charge in [0.15, 0.2) is 0 Å². The van der Waals surface area contributed by atoms with Gasteiger partial charge in [0.1, 0.15) is 0 Å². The second kappa shape index (κ2) is 5.69. The number of hydrogen-bond donors (Lipinski definition) is 2. The third kappa shape index (κ3) is 3.33. The fraction of sp³-hybridized carbons (Fsp3) is 0.917. The second-order valence-electron chi connectivity index (χ2n) is 5.19. The third-order valence-corrected chi connectivity index (χ3v) is 3.83. The van der Waals surface area contributed by atoms with Crippen LogP contribution in [0.15, 0.2) is 0 Å². The van der Waals surface area contributed by atoms with E-state index in [0.717, 1.165) is 39.0 Å². The molecule has 17 heavy (non-hydrogen) atoms. The van der Waals surface area contributed by atoms with Gasteiger partial charge in [-0.15, -0.1) is 0 Å². The second-order valence-corrected chi connectivity index (χ2v) is 5.19. The maximum Gasteiger partial charge on any atom is 0.317 e. The van der Waals surface area contributed by atoms with Gasteiger partial charge in [-0.25, -0.2) is 4.79 Å². The molecule has 0 aromatic heterocycles. The van der Waals surface area contributed by atoms with E-state index in [-0.39, 0.29) is 18.1 Å². The van der Waals surface area contributed by atoms with Crippen molar-refractivity contribution in [1.29, 1.82) is 0 Å².